The van der Waals surface area contributed by atoms with Gasteiger partial charge in [0.25, 0.3) is 0 Å². The number of nitrogens with one attached hydrogen (secondary N) is 1. The first-order chi connectivity index (χ1) is 6.50. The second kappa shape index (κ2) is 2.94. The van der Waals surface area contributed by atoms with Crippen LogP contribution in [0.15, 0.2) is 0 Å². The van der Waals surface area contributed by atoms with Gasteiger partial charge in [-0.15, -0.1) is 0 Å². The lowest BCUT2D eigenvalue weighted by Crippen LogP contribution is -2.44. The fourth-order valence-electron chi connectivity index (χ4n) is 2.77. The van der Waals surface area contributed by atoms with Gasteiger partial charge < -0.3 is 15.6 Å². The average Bonchev–Trinajstić information content (AvgIpc) is 2.54. The molecule has 1 saturated carbocycles. The summed E-state index contributed by atoms with van der Waals surface area (Å²) in [6.45, 7) is 7.17. The van der Waals surface area contributed by atoms with Crippen LogP contribution in [-0.2, 0) is 4.79 Å². The smallest absolute Gasteiger partial charge is 0.229 e. The molecule has 0 bridgehead atoms. The number of rotatable bonds is 2. The van der Waals surface area contributed by atoms with E-state index in [4.69, 9.17) is 0 Å². The molecule has 1 heterocycles. The van der Waals surface area contributed by atoms with E-state index in [1.807, 2.05) is 0 Å². The Bertz CT molecular complexity index is 265. The molecule has 0 aromatic rings. The minimum atomic E-state index is -0.287. The Balaban J connectivity index is 2.04. The van der Waals surface area contributed by atoms with Crippen molar-refractivity contribution in [1.29, 1.82) is 0 Å². The number of carbonyl (C=O) groups is 1. The third-order valence-corrected chi connectivity index (χ3v) is 3.86. The molecule has 1 aliphatic heterocycles. The Morgan fingerprint density at radius 1 is 1.64 bits per heavy atom. The molecule has 1 N–H and O–H groups in total. The Morgan fingerprint density at radius 2 is 2.29 bits per heavy atom. The highest BCUT2D eigenvalue weighted by Gasteiger charge is 2.65. The first-order valence-electron chi connectivity index (χ1n) is 5.22. The van der Waals surface area contributed by atoms with Gasteiger partial charge in [-0.25, -0.2) is 0 Å². The lowest BCUT2D eigenvalue weighted by molar-refractivity contribution is -0.131. The molecule has 0 unspecified atom stereocenters. The fourth-order valence-corrected chi connectivity index (χ4v) is 2.77. The molecule has 4 heteroatoms. The van der Waals surface area contributed by atoms with E-state index in [0.717, 1.165) is 6.54 Å². The number of piperidine rings is 1. The maximum Gasteiger partial charge on any atom is 0.229 e. The zero-order valence-corrected chi connectivity index (χ0v) is 8.91. The van der Waals surface area contributed by atoms with Crippen molar-refractivity contribution in [3.8, 4) is 0 Å². The molecule has 2 aliphatic rings. The monoisotopic (exact) mass is 197 g/mol. The zero-order valence-electron chi connectivity index (χ0n) is 8.91. The van der Waals surface area contributed by atoms with Crippen LogP contribution < -0.4 is 5.32 Å². The number of nitrogens with zero attached hydrogens (tertiary/aromatic N) is 1. The third kappa shape index (κ3) is 1.17. The van der Waals surface area contributed by atoms with Crippen molar-refractivity contribution >= 4 is 5.91 Å². The van der Waals surface area contributed by atoms with Crippen molar-refractivity contribution in [2.75, 3.05) is 13.1 Å². The predicted octanol–water partition coefficient (Wildman–Crippen LogP) is 0.577. The number of hydroxylamine groups is 2. The van der Waals surface area contributed by atoms with E-state index in [9.17, 15) is 10.0 Å². The lowest BCUT2D eigenvalue weighted by atomic mass is 10.0. The standard InChI is InChI=1S/C10H17N2O2/c1-4-12(14)9(13)8-7-6(5-11-8)10(7,2)3/h6-8,11H,4-5H2,1-3H3/q-1/t6-,7-,8-/m0/s1. The van der Waals surface area contributed by atoms with Crippen LogP contribution in [0.5, 0.6) is 0 Å². The molecule has 14 heavy (non-hydrogen) atoms. The van der Waals surface area contributed by atoms with E-state index < -0.39 is 0 Å². The van der Waals surface area contributed by atoms with Crippen LogP contribution in [-0.4, -0.2) is 30.1 Å². The van der Waals surface area contributed by atoms with Crippen LogP contribution in [0.4, 0.5) is 0 Å². The minimum Gasteiger partial charge on any atom is -0.756 e. The molecular weight excluding hydrogens is 180 g/mol. The summed E-state index contributed by atoms with van der Waals surface area (Å²) in [6.07, 6.45) is 0. The summed E-state index contributed by atoms with van der Waals surface area (Å²) < 4.78 is 0. The Hall–Kier alpha value is -0.610. The molecular formula is C10H17N2O2-. The van der Waals surface area contributed by atoms with Crippen LogP contribution in [0, 0.1) is 22.5 Å². The highest BCUT2D eigenvalue weighted by molar-refractivity contribution is 5.83. The third-order valence-electron chi connectivity index (χ3n) is 3.86. The second-order valence-corrected chi connectivity index (χ2v) is 4.87. The summed E-state index contributed by atoms with van der Waals surface area (Å²) in [6, 6.07) is -0.229. The molecule has 1 amide bonds. The van der Waals surface area contributed by atoms with E-state index in [1.54, 1.807) is 6.92 Å². The maximum atomic E-state index is 11.7. The number of carbonyl (C=O) groups excluding carboxylic acids is 1. The van der Waals surface area contributed by atoms with Crippen LogP contribution in [0.25, 0.3) is 0 Å². The summed E-state index contributed by atoms with van der Waals surface area (Å²) in [7, 11) is 0. The molecule has 1 aliphatic carbocycles. The van der Waals surface area contributed by atoms with Gasteiger partial charge in [0, 0.05) is 6.54 Å². The Morgan fingerprint density at radius 3 is 2.71 bits per heavy atom. The second-order valence-electron chi connectivity index (χ2n) is 4.87. The molecule has 2 rings (SSSR count). The Kier molecular flexibility index (Phi) is 2.08. The summed E-state index contributed by atoms with van der Waals surface area (Å²) in [4.78, 5) is 11.7. The van der Waals surface area contributed by atoms with Crippen molar-refractivity contribution in [2.24, 2.45) is 17.3 Å². The minimum absolute atomic E-state index is 0.229. The summed E-state index contributed by atoms with van der Waals surface area (Å²) in [5, 5.41) is 14.9. The molecule has 2 fully saturated rings. The topological polar surface area (TPSA) is 55.4 Å². The van der Waals surface area contributed by atoms with E-state index in [-0.39, 0.29) is 23.9 Å². The van der Waals surface area contributed by atoms with Crippen LogP contribution in [0.3, 0.4) is 0 Å². The molecule has 4 nitrogen and oxygen atoms in total. The molecule has 0 aromatic carbocycles. The SMILES string of the molecule is CCN([O-])C(=O)[C@H]1NC[C@H]2[C@@H]1C2(C)C. The number of hydrogen-bond acceptors (Lipinski definition) is 3. The van der Waals surface area contributed by atoms with Crippen molar-refractivity contribution in [2.45, 2.75) is 26.8 Å². The van der Waals surface area contributed by atoms with Gasteiger partial charge in [0.2, 0.25) is 5.91 Å². The Labute approximate surface area is 84.2 Å². The van der Waals surface area contributed by atoms with Crippen molar-refractivity contribution in [3.05, 3.63) is 5.21 Å². The first-order valence-corrected chi connectivity index (χ1v) is 5.22. The van der Waals surface area contributed by atoms with E-state index >= 15 is 0 Å². The molecule has 0 radical (unpaired) electrons. The average molecular weight is 197 g/mol. The molecule has 0 aromatic heterocycles. The van der Waals surface area contributed by atoms with Gasteiger partial charge in [-0.3, -0.25) is 4.79 Å². The van der Waals surface area contributed by atoms with Crippen molar-refractivity contribution in [3.63, 3.8) is 0 Å². The summed E-state index contributed by atoms with van der Waals surface area (Å²) >= 11 is 0. The summed E-state index contributed by atoms with van der Waals surface area (Å²) in [5.41, 5.74) is 0.250. The maximum absolute atomic E-state index is 11.7. The van der Waals surface area contributed by atoms with Crippen molar-refractivity contribution in [1.82, 2.24) is 10.4 Å². The normalized spacial score (nSPS) is 37.9. The lowest BCUT2D eigenvalue weighted by Gasteiger charge is -2.31. The number of fused-ring (bicyclic) bond motifs is 1. The zero-order chi connectivity index (χ0) is 10.5. The largest absolute Gasteiger partial charge is 0.756 e. The van der Waals surface area contributed by atoms with Crippen LogP contribution in [0.2, 0.25) is 0 Å². The molecule has 0 spiro atoms. The van der Waals surface area contributed by atoms with Gasteiger partial charge in [-0.1, -0.05) is 13.8 Å². The number of hydrogen-bond donors (Lipinski definition) is 1. The van der Waals surface area contributed by atoms with Gasteiger partial charge in [0.1, 0.15) is 0 Å². The molecule has 1 saturated heterocycles. The van der Waals surface area contributed by atoms with E-state index in [0.29, 0.717) is 16.9 Å². The fraction of sp³-hybridized carbons (Fsp3) is 0.900. The van der Waals surface area contributed by atoms with Gasteiger partial charge in [0.05, 0.1) is 6.04 Å². The molecule has 3 atom stereocenters. The quantitative estimate of drug-likeness (QED) is 0.659. The van der Waals surface area contributed by atoms with Gasteiger partial charge in [-0.2, -0.15) is 0 Å². The van der Waals surface area contributed by atoms with Crippen LogP contribution in [0.1, 0.15) is 20.8 Å². The van der Waals surface area contributed by atoms with E-state index in [2.05, 4.69) is 19.2 Å². The van der Waals surface area contributed by atoms with Crippen molar-refractivity contribution < 1.29 is 4.79 Å². The number of likely N-dealkylation sites (N-methyl/N-ethyl adjacent to an activating group) is 1. The first kappa shape index (κ1) is 9.93. The van der Waals surface area contributed by atoms with Gasteiger partial charge in [-0.05, 0) is 30.7 Å². The van der Waals surface area contributed by atoms with Gasteiger partial charge in [0.15, 0.2) is 0 Å². The van der Waals surface area contributed by atoms with Gasteiger partial charge >= 0.3 is 0 Å². The highest BCUT2D eigenvalue weighted by atomic mass is 16.5. The number of amides is 1. The predicted molar refractivity (Wildman–Crippen MR) is 53.3 cm³/mol. The highest BCUT2D eigenvalue weighted by Crippen LogP contribution is 2.62. The van der Waals surface area contributed by atoms with Crippen LogP contribution >= 0.6 is 0 Å². The molecule has 80 valence electrons. The summed E-state index contributed by atoms with van der Waals surface area (Å²) in [5.74, 6) is 0.672. The van der Waals surface area contributed by atoms with E-state index in [1.165, 1.54) is 0 Å².